The second kappa shape index (κ2) is 7.74. The highest BCUT2D eigenvalue weighted by Crippen LogP contribution is 2.22. The third-order valence-corrected chi connectivity index (χ3v) is 4.89. The van der Waals surface area contributed by atoms with Crippen LogP contribution in [0.4, 0.5) is 4.39 Å². The fourth-order valence-electron chi connectivity index (χ4n) is 2.36. The van der Waals surface area contributed by atoms with Crippen molar-refractivity contribution in [3.05, 3.63) is 51.2 Å². The van der Waals surface area contributed by atoms with Crippen LogP contribution in [0.5, 0.6) is 0 Å². The van der Waals surface area contributed by atoms with Crippen molar-refractivity contribution >= 4 is 23.2 Å². The number of halogens is 1. The maximum absolute atomic E-state index is 13.0. The summed E-state index contributed by atoms with van der Waals surface area (Å²) in [6, 6.07) is 6.18. The Balaban J connectivity index is 2.06. The standard InChI is InChI=1S/C18H21FN2O3S/c1-11-16(17(24)21-18(2,3)9-8-15(22)23)25-14(20-11)10-12-4-6-13(19)7-5-12/h4-7H,8-10H2,1-3H3,(H,21,24)(H,22,23). The molecule has 0 aliphatic heterocycles. The predicted molar refractivity (Wildman–Crippen MR) is 94.5 cm³/mol. The number of aromatic nitrogens is 1. The number of carbonyl (C=O) groups is 2. The SMILES string of the molecule is Cc1nc(Cc2ccc(F)cc2)sc1C(=O)NC(C)(C)CCC(=O)O. The summed E-state index contributed by atoms with van der Waals surface area (Å²) in [7, 11) is 0. The lowest BCUT2D eigenvalue weighted by atomic mass is 9.98. The van der Waals surface area contributed by atoms with Crippen LogP contribution in [-0.4, -0.2) is 27.5 Å². The van der Waals surface area contributed by atoms with Crippen LogP contribution in [0.15, 0.2) is 24.3 Å². The zero-order chi connectivity index (χ0) is 18.6. The first-order valence-electron chi connectivity index (χ1n) is 7.91. The van der Waals surface area contributed by atoms with Crippen LogP contribution in [0.25, 0.3) is 0 Å². The Bertz CT molecular complexity index is 769. The lowest BCUT2D eigenvalue weighted by molar-refractivity contribution is -0.137. The van der Waals surface area contributed by atoms with Gasteiger partial charge in [-0.25, -0.2) is 9.37 Å². The number of hydrogen-bond donors (Lipinski definition) is 2. The van der Waals surface area contributed by atoms with Gasteiger partial charge in [-0.1, -0.05) is 12.1 Å². The van der Waals surface area contributed by atoms with Crippen molar-refractivity contribution in [2.24, 2.45) is 0 Å². The van der Waals surface area contributed by atoms with E-state index in [1.165, 1.54) is 23.5 Å². The average molecular weight is 364 g/mol. The summed E-state index contributed by atoms with van der Waals surface area (Å²) < 4.78 is 13.0. The second-order valence-corrected chi connectivity index (χ2v) is 7.64. The van der Waals surface area contributed by atoms with E-state index < -0.39 is 11.5 Å². The highest BCUT2D eigenvalue weighted by molar-refractivity contribution is 7.13. The molecule has 0 saturated heterocycles. The number of nitrogens with one attached hydrogen (secondary N) is 1. The molecule has 0 unspecified atom stereocenters. The number of rotatable bonds is 7. The van der Waals surface area contributed by atoms with Crippen molar-refractivity contribution < 1.29 is 19.1 Å². The molecule has 1 amide bonds. The first kappa shape index (κ1) is 19.1. The molecular formula is C18H21FN2O3S. The summed E-state index contributed by atoms with van der Waals surface area (Å²) in [6.45, 7) is 5.36. The number of thiazole rings is 1. The normalized spacial score (nSPS) is 11.4. The van der Waals surface area contributed by atoms with Gasteiger partial charge in [0.15, 0.2) is 0 Å². The topological polar surface area (TPSA) is 79.3 Å². The average Bonchev–Trinajstić information content (AvgIpc) is 2.88. The Kier molecular flexibility index (Phi) is 5.89. The van der Waals surface area contributed by atoms with Crippen LogP contribution in [0.1, 0.15) is 52.6 Å². The molecule has 1 aromatic heterocycles. The smallest absolute Gasteiger partial charge is 0.303 e. The van der Waals surface area contributed by atoms with E-state index in [9.17, 15) is 14.0 Å². The van der Waals surface area contributed by atoms with E-state index >= 15 is 0 Å². The third-order valence-electron chi connectivity index (χ3n) is 3.73. The number of carbonyl (C=O) groups excluding carboxylic acids is 1. The van der Waals surface area contributed by atoms with Crippen LogP contribution < -0.4 is 5.32 Å². The Morgan fingerprint density at radius 2 is 1.92 bits per heavy atom. The minimum Gasteiger partial charge on any atom is -0.481 e. The number of benzene rings is 1. The second-order valence-electron chi connectivity index (χ2n) is 6.56. The van der Waals surface area contributed by atoms with E-state index in [1.807, 2.05) is 0 Å². The molecule has 5 nitrogen and oxygen atoms in total. The van der Waals surface area contributed by atoms with Gasteiger partial charge in [0.2, 0.25) is 0 Å². The Labute approximate surface area is 149 Å². The zero-order valence-corrected chi connectivity index (χ0v) is 15.2. The van der Waals surface area contributed by atoms with E-state index in [0.717, 1.165) is 10.6 Å². The van der Waals surface area contributed by atoms with Crippen LogP contribution in [0.3, 0.4) is 0 Å². The van der Waals surface area contributed by atoms with Gasteiger partial charge in [0.1, 0.15) is 10.7 Å². The molecule has 0 fully saturated rings. The summed E-state index contributed by atoms with van der Waals surface area (Å²) in [6.07, 6.45) is 0.862. The first-order valence-corrected chi connectivity index (χ1v) is 8.73. The van der Waals surface area contributed by atoms with Crippen molar-refractivity contribution in [3.8, 4) is 0 Å². The van der Waals surface area contributed by atoms with Gasteiger partial charge in [0, 0.05) is 18.4 Å². The van der Waals surface area contributed by atoms with E-state index in [1.54, 1.807) is 32.9 Å². The van der Waals surface area contributed by atoms with E-state index in [4.69, 9.17) is 5.11 Å². The van der Waals surface area contributed by atoms with Gasteiger partial charge in [-0.3, -0.25) is 9.59 Å². The molecule has 2 rings (SSSR count). The van der Waals surface area contributed by atoms with Crippen molar-refractivity contribution in [3.63, 3.8) is 0 Å². The van der Waals surface area contributed by atoms with Crippen LogP contribution in [-0.2, 0) is 11.2 Å². The number of nitrogens with zero attached hydrogens (tertiary/aromatic N) is 1. The van der Waals surface area contributed by atoms with Crippen LogP contribution >= 0.6 is 11.3 Å². The molecule has 0 aliphatic rings. The molecule has 1 heterocycles. The number of aliphatic carboxylic acids is 1. The zero-order valence-electron chi connectivity index (χ0n) is 14.4. The van der Waals surface area contributed by atoms with E-state index in [2.05, 4.69) is 10.3 Å². The minimum absolute atomic E-state index is 0.00916. The summed E-state index contributed by atoms with van der Waals surface area (Å²) >= 11 is 1.30. The predicted octanol–water partition coefficient (Wildman–Crippen LogP) is 3.55. The van der Waals surface area contributed by atoms with Gasteiger partial charge < -0.3 is 10.4 Å². The minimum atomic E-state index is -0.891. The largest absolute Gasteiger partial charge is 0.481 e. The molecule has 2 aromatic rings. The van der Waals surface area contributed by atoms with Gasteiger partial charge in [0.25, 0.3) is 5.91 Å². The number of carboxylic acids is 1. The number of aryl methyl sites for hydroxylation is 1. The number of carboxylic acid groups (broad SMARTS) is 1. The Morgan fingerprint density at radius 1 is 1.28 bits per heavy atom. The number of amides is 1. The Hall–Kier alpha value is -2.28. The fraction of sp³-hybridized carbons (Fsp3) is 0.389. The monoisotopic (exact) mass is 364 g/mol. The maximum atomic E-state index is 13.0. The van der Waals surface area contributed by atoms with Crippen molar-refractivity contribution in [2.45, 2.75) is 45.6 Å². The summed E-state index contributed by atoms with van der Waals surface area (Å²) in [5, 5.41) is 12.4. The lowest BCUT2D eigenvalue weighted by Crippen LogP contribution is -2.43. The molecule has 0 spiro atoms. The van der Waals surface area contributed by atoms with Gasteiger partial charge in [0.05, 0.1) is 10.7 Å². The van der Waals surface area contributed by atoms with Crippen LogP contribution in [0.2, 0.25) is 0 Å². The highest BCUT2D eigenvalue weighted by atomic mass is 32.1. The fourth-order valence-corrected chi connectivity index (χ4v) is 3.36. The molecule has 25 heavy (non-hydrogen) atoms. The van der Waals surface area contributed by atoms with Gasteiger partial charge in [-0.2, -0.15) is 0 Å². The molecule has 2 N–H and O–H groups in total. The van der Waals surface area contributed by atoms with E-state index in [0.29, 0.717) is 23.4 Å². The molecule has 134 valence electrons. The van der Waals surface area contributed by atoms with Crippen LogP contribution in [0, 0.1) is 12.7 Å². The summed E-state index contributed by atoms with van der Waals surface area (Å²) in [5.74, 6) is -1.43. The molecule has 0 saturated carbocycles. The molecular weight excluding hydrogens is 343 g/mol. The van der Waals surface area contributed by atoms with E-state index in [-0.39, 0.29) is 18.1 Å². The van der Waals surface area contributed by atoms with Crippen molar-refractivity contribution in [1.29, 1.82) is 0 Å². The Morgan fingerprint density at radius 3 is 2.52 bits per heavy atom. The first-order chi connectivity index (χ1) is 11.7. The molecule has 0 bridgehead atoms. The molecule has 0 radical (unpaired) electrons. The highest BCUT2D eigenvalue weighted by Gasteiger charge is 2.24. The lowest BCUT2D eigenvalue weighted by Gasteiger charge is -2.25. The summed E-state index contributed by atoms with van der Waals surface area (Å²) in [5.41, 5.74) is 0.931. The third kappa shape index (κ3) is 5.63. The van der Waals surface area contributed by atoms with Crippen molar-refractivity contribution in [2.75, 3.05) is 0 Å². The molecule has 7 heteroatoms. The number of hydrogen-bond acceptors (Lipinski definition) is 4. The van der Waals surface area contributed by atoms with Gasteiger partial charge in [-0.15, -0.1) is 11.3 Å². The van der Waals surface area contributed by atoms with Gasteiger partial charge in [-0.05, 0) is 44.9 Å². The van der Waals surface area contributed by atoms with Gasteiger partial charge >= 0.3 is 5.97 Å². The summed E-state index contributed by atoms with van der Waals surface area (Å²) in [4.78, 5) is 28.1. The molecule has 0 atom stereocenters. The van der Waals surface area contributed by atoms with Crippen molar-refractivity contribution in [1.82, 2.24) is 10.3 Å². The molecule has 0 aliphatic carbocycles. The quantitative estimate of drug-likeness (QED) is 0.787. The maximum Gasteiger partial charge on any atom is 0.303 e. The molecule has 1 aromatic carbocycles.